The fraction of sp³-hybridized carbons (Fsp3) is 0.286. The van der Waals surface area contributed by atoms with Crippen molar-refractivity contribution in [1.29, 1.82) is 0 Å². The topological polar surface area (TPSA) is 12.9 Å². The molecule has 0 saturated carbocycles. The number of nitrogens with zero attached hydrogens (tertiary/aromatic N) is 1. The van der Waals surface area contributed by atoms with Gasteiger partial charge >= 0.3 is 0 Å². The molecule has 0 unspecified atom stereocenters. The van der Waals surface area contributed by atoms with Gasteiger partial charge in [0.05, 0.1) is 0 Å². The van der Waals surface area contributed by atoms with Gasteiger partial charge in [0.2, 0.25) is 5.95 Å². The van der Waals surface area contributed by atoms with E-state index in [1.165, 1.54) is 6.07 Å². The maximum atomic E-state index is 12.4. The van der Waals surface area contributed by atoms with E-state index in [1.54, 1.807) is 17.8 Å². The van der Waals surface area contributed by atoms with Crippen molar-refractivity contribution in [2.24, 2.45) is 0 Å². The number of hydrogen-bond acceptors (Lipinski definition) is 2. The molecule has 4 heteroatoms. The highest BCUT2D eigenvalue weighted by molar-refractivity contribution is 9.10. The van der Waals surface area contributed by atoms with Crippen LogP contribution in [0.2, 0.25) is 0 Å². The van der Waals surface area contributed by atoms with E-state index in [0.29, 0.717) is 4.60 Å². The van der Waals surface area contributed by atoms with Gasteiger partial charge in [-0.15, -0.1) is 11.8 Å². The van der Waals surface area contributed by atoms with Gasteiger partial charge in [-0.05, 0) is 33.8 Å². The summed E-state index contributed by atoms with van der Waals surface area (Å²) >= 11 is 4.81. The van der Waals surface area contributed by atoms with Gasteiger partial charge in [-0.2, -0.15) is 4.39 Å². The molecule has 0 saturated heterocycles. The molecule has 1 aromatic heterocycles. The summed E-state index contributed by atoms with van der Waals surface area (Å²) in [4.78, 5) is 4.60. The number of rotatable bonds is 2. The Balaban J connectivity index is 2.90. The van der Waals surface area contributed by atoms with Crippen LogP contribution in [-0.2, 0) is 0 Å². The van der Waals surface area contributed by atoms with Crippen molar-refractivity contribution in [1.82, 2.24) is 4.98 Å². The molecule has 0 amide bonds. The van der Waals surface area contributed by atoms with E-state index in [9.17, 15) is 4.39 Å². The summed E-state index contributed by atoms with van der Waals surface area (Å²) in [6.45, 7) is 2.04. The Morgan fingerprint density at radius 2 is 2.36 bits per heavy atom. The summed E-state index contributed by atoms with van der Waals surface area (Å²) in [6, 6.07) is 3.09. The SMILES string of the molecule is CCSc1ccc(F)nc1Br. The molecule has 0 radical (unpaired) electrons. The van der Waals surface area contributed by atoms with E-state index in [2.05, 4.69) is 20.9 Å². The molecule has 0 aliphatic carbocycles. The molecule has 0 aromatic carbocycles. The van der Waals surface area contributed by atoms with Crippen molar-refractivity contribution in [3.05, 3.63) is 22.7 Å². The van der Waals surface area contributed by atoms with Gasteiger partial charge in [-0.1, -0.05) is 6.92 Å². The van der Waals surface area contributed by atoms with Crippen LogP contribution in [0.25, 0.3) is 0 Å². The first-order valence-corrected chi connectivity index (χ1v) is 4.96. The second-order valence-electron chi connectivity index (χ2n) is 1.86. The lowest BCUT2D eigenvalue weighted by molar-refractivity contribution is 0.578. The molecule has 0 aliphatic heterocycles. The fourth-order valence-electron chi connectivity index (χ4n) is 0.663. The lowest BCUT2D eigenvalue weighted by Crippen LogP contribution is -1.85. The van der Waals surface area contributed by atoms with Gasteiger partial charge in [0, 0.05) is 4.90 Å². The predicted octanol–water partition coefficient (Wildman–Crippen LogP) is 3.10. The van der Waals surface area contributed by atoms with Crippen molar-refractivity contribution in [3.8, 4) is 0 Å². The monoisotopic (exact) mass is 235 g/mol. The lowest BCUT2D eigenvalue weighted by Gasteiger charge is -1.99. The minimum atomic E-state index is -0.447. The second-order valence-corrected chi connectivity index (χ2v) is 3.91. The van der Waals surface area contributed by atoms with Gasteiger partial charge in [0.25, 0.3) is 0 Å². The van der Waals surface area contributed by atoms with Crippen LogP contribution in [0.4, 0.5) is 4.39 Å². The van der Waals surface area contributed by atoms with Crippen LogP contribution in [-0.4, -0.2) is 10.7 Å². The Hall–Kier alpha value is -0.0900. The van der Waals surface area contributed by atoms with Crippen molar-refractivity contribution in [2.75, 3.05) is 5.75 Å². The second kappa shape index (κ2) is 4.07. The highest BCUT2D eigenvalue weighted by Crippen LogP contribution is 2.25. The smallest absolute Gasteiger partial charge is 0.211 e. The molecule has 1 rings (SSSR count). The number of thioether (sulfide) groups is 1. The van der Waals surface area contributed by atoms with Crippen LogP contribution >= 0.6 is 27.7 Å². The Labute approximate surface area is 77.5 Å². The van der Waals surface area contributed by atoms with Gasteiger partial charge in [-0.3, -0.25) is 0 Å². The van der Waals surface area contributed by atoms with Crippen LogP contribution < -0.4 is 0 Å². The summed E-state index contributed by atoms with van der Waals surface area (Å²) in [5, 5.41) is 0. The maximum Gasteiger partial charge on any atom is 0.213 e. The van der Waals surface area contributed by atoms with Gasteiger partial charge in [-0.25, -0.2) is 4.98 Å². The Morgan fingerprint density at radius 3 is 2.91 bits per heavy atom. The van der Waals surface area contributed by atoms with Crippen LogP contribution in [0.15, 0.2) is 21.6 Å². The van der Waals surface area contributed by atoms with E-state index in [4.69, 9.17) is 0 Å². The molecule has 1 aromatic rings. The number of halogens is 2. The summed E-state index contributed by atoms with van der Waals surface area (Å²) in [6.07, 6.45) is 0. The minimum Gasteiger partial charge on any atom is -0.211 e. The molecule has 11 heavy (non-hydrogen) atoms. The van der Waals surface area contributed by atoms with Crippen LogP contribution in [0.1, 0.15) is 6.92 Å². The highest BCUT2D eigenvalue weighted by atomic mass is 79.9. The molecule has 0 fully saturated rings. The van der Waals surface area contributed by atoms with Crippen LogP contribution in [0.5, 0.6) is 0 Å². The van der Waals surface area contributed by atoms with Gasteiger partial charge in [0.15, 0.2) is 0 Å². The number of hydrogen-bond donors (Lipinski definition) is 0. The first-order valence-electron chi connectivity index (χ1n) is 3.19. The standard InChI is InChI=1S/C7H7BrFNS/c1-2-11-5-3-4-6(9)10-7(5)8/h3-4H,2H2,1H3. The quantitative estimate of drug-likeness (QED) is 0.578. The molecule has 1 heterocycles. The Morgan fingerprint density at radius 1 is 1.64 bits per heavy atom. The normalized spacial score (nSPS) is 10.1. The van der Waals surface area contributed by atoms with Gasteiger partial charge in [0.1, 0.15) is 4.60 Å². The predicted molar refractivity (Wildman–Crippen MR) is 48.3 cm³/mol. The van der Waals surface area contributed by atoms with Crippen molar-refractivity contribution < 1.29 is 4.39 Å². The van der Waals surface area contributed by atoms with Gasteiger partial charge < -0.3 is 0 Å². The Kier molecular flexibility index (Phi) is 3.33. The van der Waals surface area contributed by atoms with E-state index in [-0.39, 0.29) is 0 Å². The summed E-state index contributed by atoms with van der Waals surface area (Å²) in [5.74, 6) is 0.517. The van der Waals surface area contributed by atoms with Crippen LogP contribution in [0, 0.1) is 5.95 Å². The van der Waals surface area contributed by atoms with Crippen molar-refractivity contribution in [3.63, 3.8) is 0 Å². The first kappa shape index (κ1) is 9.00. The third kappa shape index (κ3) is 2.45. The average Bonchev–Trinajstić information content (AvgIpc) is 1.95. The molecule has 60 valence electrons. The molecule has 1 nitrogen and oxygen atoms in total. The third-order valence-electron chi connectivity index (χ3n) is 1.08. The minimum absolute atomic E-state index is 0.447. The summed E-state index contributed by atoms with van der Waals surface area (Å²) in [7, 11) is 0. The zero-order chi connectivity index (χ0) is 8.27. The number of pyridine rings is 1. The molecule has 0 bridgehead atoms. The summed E-state index contributed by atoms with van der Waals surface area (Å²) < 4.78 is 13.0. The fourth-order valence-corrected chi connectivity index (χ4v) is 1.95. The van der Waals surface area contributed by atoms with E-state index in [1.807, 2.05) is 6.92 Å². The van der Waals surface area contributed by atoms with E-state index in [0.717, 1.165) is 10.6 Å². The first-order chi connectivity index (χ1) is 5.24. The maximum absolute atomic E-state index is 12.4. The van der Waals surface area contributed by atoms with Crippen LogP contribution in [0.3, 0.4) is 0 Å². The zero-order valence-corrected chi connectivity index (χ0v) is 8.38. The molecule has 0 spiro atoms. The third-order valence-corrected chi connectivity index (χ3v) is 2.88. The highest BCUT2D eigenvalue weighted by Gasteiger charge is 2.01. The molecule has 0 aliphatic rings. The Bertz CT molecular complexity index is 254. The zero-order valence-electron chi connectivity index (χ0n) is 5.97. The van der Waals surface area contributed by atoms with E-state index < -0.39 is 5.95 Å². The largest absolute Gasteiger partial charge is 0.213 e. The lowest BCUT2D eigenvalue weighted by atomic mass is 10.5. The molecular formula is C7H7BrFNS. The number of aromatic nitrogens is 1. The molecule has 0 N–H and O–H groups in total. The average molecular weight is 236 g/mol. The summed E-state index contributed by atoms with van der Waals surface area (Å²) in [5.41, 5.74) is 0. The molecule has 0 atom stereocenters. The van der Waals surface area contributed by atoms with Crippen molar-refractivity contribution >= 4 is 27.7 Å². The van der Waals surface area contributed by atoms with E-state index >= 15 is 0 Å². The molecular weight excluding hydrogens is 229 g/mol. The van der Waals surface area contributed by atoms with Crippen molar-refractivity contribution in [2.45, 2.75) is 11.8 Å².